The Hall–Kier alpha value is -1.26. The van der Waals surface area contributed by atoms with Gasteiger partial charge in [-0.1, -0.05) is 29.3 Å². The van der Waals surface area contributed by atoms with Crippen molar-refractivity contribution in [3.8, 4) is 5.75 Å². The van der Waals surface area contributed by atoms with Gasteiger partial charge in [-0.25, -0.2) is 0 Å². The molecule has 3 nitrogen and oxygen atoms in total. The zero-order chi connectivity index (χ0) is 16.5. The van der Waals surface area contributed by atoms with Crippen LogP contribution in [0.1, 0.15) is 24.0 Å². The maximum atomic E-state index is 8.73. The molecule has 0 bridgehead atoms. The molecule has 0 aliphatic carbocycles. The third-order valence-electron chi connectivity index (χ3n) is 3.53. The lowest BCUT2D eigenvalue weighted by Crippen LogP contribution is -2.82. The fourth-order valence-electron chi connectivity index (χ4n) is 2.19. The molecule has 0 amide bonds. The maximum absolute atomic E-state index is 8.73. The molecule has 3 N–H and O–H groups in total. The highest BCUT2D eigenvalue weighted by atomic mass is 35.5. The fourth-order valence-corrected chi connectivity index (χ4v) is 2.65. The number of nitrogens with two attached hydrogens (primary N) is 1. The molecule has 0 heterocycles. The molecule has 5 heteroatoms. The second-order valence-corrected chi connectivity index (χ2v) is 6.22. The van der Waals surface area contributed by atoms with E-state index in [-0.39, 0.29) is 6.61 Å². The standard InChI is InChI=1S/C18H21Cl2NO2/c19-16-6-5-15(18(20)11-16)13-23-17-7-3-14(4-8-17)12-21-9-1-2-10-22/h3-8,11,21-22H,1-2,9-10,12-13H2/p+1. The number of unbranched alkanes of at least 4 members (excludes halogenated alkanes) is 1. The Morgan fingerprint density at radius 1 is 1.00 bits per heavy atom. The van der Waals surface area contributed by atoms with Gasteiger partial charge in [0.15, 0.2) is 0 Å². The number of hydrogen-bond acceptors (Lipinski definition) is 2. The molecule has 0 saturated carbocycles. The first kappa shape index (κ1) is 18.1. The van der Waals surface area contributed by atoms with Crippen molar-refractivity contribution in [3.63, 3.8) is 0 Å². The second kappa shape index (κ2) is 9.78. The minimum Gasteiger partial charge on any atom is -0.489 e. The van der Waals surface area contributed by atoms with Crippen LogP contribution in [0.25, 0.3) is 0 Å². The van der Waals surface area contributed by atoms with E-state index >= 15 is 0 Å². The van der Waals surface area contributed by atoms with Crippen molar-refractivity contribution in [2.45, 2.75) is 26.0 Å². The summed E-state index contributed by atoms with van der Waals surface area (Å²) in [4.78, 5) is 0. The Bertz CT molecular complexity index is 602. The minimum atomic E-state index is 0.275. The highest BCUT2D eigenvalue weighted by Gasteiger charge is 2.03. The summed E-state index contributed by atoms with van der Waals surface area (Å²) in [5.74, 6) is 0.819. The molecule has 0 unspecified atom stereocenters. The molecule has 124 valence electrons. The molecule has 0 radical (unpaired) electrons. The van der Waals surface area contributed by atoms with Gasteiger partial charge in [0.25, 0.3) is 0 Å². The monoisotopic (exact) mass is 354 g/mol. The van der Waals surface area contributed by atoms with Crippen LogP contribution in [0.3, 0.4) is 0 Å². The van der Waals surface area contributed by atoms with E-state index in [9.17, 15) is 0 Å². The van der Waals surface area contributed by atoms with Gasteiger partial charge in [0.2, 0.25) is 0 Å². The van der Waals surface area contributed by atoms with E-state index < -0.39 is 0 Å². The molecule has 0 saturated heterocycles. The Morgan fingerprint density at radius 2 is 1.78 bits per heavy atom. The quantitative estimate of drug-likeness (QED) is 0.677. The van der Waals surface area contributed by atoms with Crippen LogP contribution in [0, 0.1) is 0 Å². The minimum absolute atomic E-state index is 0.275. The van der Waals surface area contributed by atoms with Crippen LogP contribution in [0.2, 0.25) is 10.0 Å². The highest BCUT2D eigenvalue weighted by Crippen LogP contribution is 2.22. The van der Waals surface area contributed by atoms with Crippen molar-refractivity contribution >= 4 is 23.2 Å². The smallest absolute Gasteiger partial charge is 0.119 e. The van der Waals surface area contributed by atoms with Crippen molar-refractivity contribution in [1.82, 2.24) is 0 Å². The average molecular weight is 355 g/mol. The van der Waals surface area contributed by atoms with Crippen LogP contribution in [-0.2, 0) is 13.2 Å². The van der Waals surface area contributed by atoms with Crippen molar-refractivity contribution < 1.29 is 15.2 Å². The van der Waals surface area contributed by atoms with Gasteiger partial charge in [-0.3, -0.25) is 0 Å². The molecule has 0 spiro atoms. The zero-order valence-electron chi connectivity index (χ0n) is 13.0. The van der Waals surface area contributed by atoms with Crippen LogP contribution in [0.4, 0.5) is 0 Å². The summed E-state index contributed by atoms with van der Waals surface area (Å²) in [6.07, 6.45) is 1.91. The largest absolute Gasteiger partial charge is 0.489 e. The van der Waals surface area contributed by atoms with Crippen molar-refractivity contribution in [2.24, 2.45) is 0 Å². The Balaban J connectivity index is 1.78. The molecule has 0 aliphatic heterocycles. The second-order valence-electron chi connectivity index (χ2n) is 5.38. The normalized spacial score (nSPS) is 10.7. The van der Waals surface area contributed by atoms with Crippen molar-refractivity contribution in [2.75, 3.05) is 13.2 Å². The number of aliphatic hydroxyl groups is 1. The van der Waals surface area contributed by atoms with Crippen LogP contribution in [-0.4, -0.2) is 18.3 Å². The van der Waals surface area contributed by atoms with Gasteiger partial charge in [-0.2, -0.15) is 0 Å². The molecule has 23 heavy (non-hydrogen) atoms. The average Bonchev–Trinajstić information content (AvgIpc) is 2.55. The summed E-state index contributed by atoms with van der Waals surface area (Å²) in [6, 6.07) is 13.5. The van der Waals surface area contributed by atoms with Gasteiger partial charge < -0.3 is 15.2 Å². The summed E-state index contributed by atoms with van der Waals surface area (Å²) in [5, 5.41) is 12.2. The number of halogens is 2. The van der Waals surface area contributed by atoms with E-state index in [4.69, 9.17) is 33.0 Å². The Kier molecular flexibility index (Phi) is 7.69. The van der Waals surface area contributed by atoms with Gasteiger partial charge in [0, 0.05) is 27.8 Å². The third kappa shape index (κ3) is 6.40. The molecular formula is C18H22Cl2NO2+. The summed E-state index contributed by atoms with van der Waals surface area (Å²) in [7, 11) is 0. The van der Waals surface area contributed by atoms with E-state index in [1.54, 1.807) is 6.07 Å². The summed E-state index contributed by atoms with van der Waals surface area (Å²) < 4.78 is 5.76. The molecule has 0 aliphatic rings. The molecule has 0 aromatic heterocycles. The zero-order valence-corrected chi connectivity index (χ0v) is 14.5. The van der Waals surface area contributed by atoms with Gasteiger partial charge in [-0.15, -0.1) is 0 Å². The summed E-state index contributed by atoms with van der Waals surface area (Å²) in [6.45, 7) is 2.67. The number of hydrogen-bond donors (Lipinski definition) is 2. The van der Waals surface area contributed by atoms with Crippen molar-refractivity contribution in [3.05, 3.63) is 63.6 Å². The van der Waals surface area contributed by atoms with Gasteiger partial charge >= 0.3 is 0 Å². The van der Waals surface area contributed by atoms with E-state index in [0.717, 1.165) is 37.2 Å². The molecule has 0 atom stereocenters. The molecule has 2 aromatic carbocycles. The molecular weight excluding hydrogens is 333 g/mol. The van der Waals surface area contributed by atoms with Gasteiger partial charge in [-0.05, 0) is 49.2 Å². The number of benzene rings is 2. The molecule has 2 rings (SSSR count). The molecule has 2 aromatic rings. The van der Waals surface area contributed by atoms with Crippen LogP contribution < -0.4 is 10.1 Å². The number of rotatable bonds is 9. The number of quaternary nitrogens is 1. The lowest BCUT2D eigenvalue weighted by molar-refractivity contribution is -0.671. The van der Waals surface area contributed by atoms with Crippen LogP contribution in [0.5, 0.6) is 5.75 Å². The summed E-state index contributed by atoms with van der Waals surface area (Å²) >= 11 is 12.0. The third-order valence-corrected chi connectivity index (χ3v) is 4.12. The first-order valence-corrected chi connectivity index (χ1v) is 8.53. The number of aliphatic hydroxyl groups excluding tert-OH is 1. The fraction of sp³-hybridized carbons (Fsp3) is 0.333. The van der Waals surface area contributed by atoms with Crippen LogP contribution >= 0.6 is 23.2 Å². The summed E-state index contributed by atoms with van der Waals surface area (Å²) in [5.41, 5.74) is 2.17. The lowest BCUT2D eigenvalue weighted by Gasteiger charge is -2.09. The highest BCUT2D eigenvalue weighted by molar-refractivity contribution is 6.35. The first-order valence-electron chi connectivity index (χ1n) is 7.77. The van der Waals surface area contributed by atoms with E-state index in [1.165, 1.54) is 5.56 Å². The topological polar surface area (TPSA) is 46.1 Å². The van der Waals surface area contributed by atoms with E-state index in [2.05, 4.69) is 17.4 Å². The Labute approximate surface area is 147 Å². The van der Waals surface area contributed by atoms with E-state index in [0.29, 0.717) is 16.7 Å². The lowest BCUT2D eigenvalue weighted by atomic mass is 10.2. The van der Waals surface area contributed by atoms with E-state index in [1.807, 2.05) is 24.3 Å². The Morgan fingerprint density at radius 3 is 2.48 bits per heavy atom. The first-order chi connectivity index (χ1) is 11.2. The molecule has 0 fully saturated rings. The van der Waals surface area contributed by atoms with Gasteiger partial charge in [0.1, 0.15) is 18.9 Å². The SMILES string of the molecule is OCCCC[NH2+]Cc1ccc(OCc2ccc(Cl)cc2Cl)cc1. The van der Waals surface area contributed by atoms with Gasteiger partial charge in [0.05, 0.1) is 6.54 Å². The maximum Gasteiger partial charge on any atom is 0.119 e. The number of ether oxygens (including phenoxy) is 1. The van der Waals surface area contributed by atoms with Crippen molar-refractivity contribution in [1.29, 1.82) is 0 Å². The predicted octanol–water partition coefficient (Wildman–Crippen LogP) is 3.41. The van der Waals surface area contributed by atoms with Crippen LogP contribution in [0.15, 0.2) is 42.5 Å². The predicted molar refractivity (Wildman–Crippen MR) is 94.1 cm³/mol.